The Kier molecular flexibility index (Phi) is 5.35. The van der Waals surface area contributed by atoms with Crippen molar-refractivity contribution in [3.05, 3.63) is 89.0 Å². The third-order valence-corrected chi connectivity index (χ3v) is 4.25. The predicted molar refractivity (Wildman–Crippen MR) is 101 cm³/mol. The van der Waals surface area contributed by atoms with Crippen LogP contribution in [-0.4, -0.2) is 16.4 Å². The van der Waals surface area contributed by atoms with Crippen LogP contribution in [0, 0.1) is 19.7 Å². The number of hydrogen-bond acceptors (Lipinski definition) is 2. The number of hydrazine groups is 1. The Balaban J connectivity index is 1.58. The molecule has 0 aliphatic heterocycles. The van der Waals surface area contributed by atoms with Gasteiger partial charge in [-0.3, -0.25) is 20.4 Å². The maximum atomic E-state index is 12.9. The Morgan fingerprint density at radius 1 is 0.852 bits per heavy atom. The van der Waals surface area contributed by atoms with Crippen LogP contribution in [0.3, 0.4) is 0 Å². The summed E-state index contributed by atoms with van der Waals surface area (Å²) >= 11 is 0. The number of carbonyl (C=O) groups excluding carboxylic acids is 2. The minimum absolute atomic E-state index is 0.0473. The summed E-state index contributed by atoms with van der Waals surface area (Å²) < 4.78 is 15.0. The van der Waals surface area contributed by atoms with Crippen LogP contribution >= 0.6 is 0 Å². The lowest BCUT2D eigenvalue weighted by atomic mass is 10.1. The van der Waals surface area contributed by atoms with Crippen LogP contribution in [0.15, 0.2) is 60.7 Å². The maximum absolute atomic E-state index is 12.9. The van der Waals surface area contributed by atoms with Crippen molar-refractivity contribution >= 4 is 11.8 Å². The van der Waals surface area contributed by atoms with Crippen molar-refractivity contribution in [3.63, 3.8) is 0 Å². The van der Waals surface area contributed by atoms with E-state index in [1.165, 1.54) is 24.3 Å². The second-order valence-corrected chi connectivity index (χ2v) is 6.30. The van der Waals surface area contributed by atoms with Crippen molar-refractivity contribution in [3.8, 4) is 5.69 Å². The number of nitrogens with one attached hydrogen (secondary N) is 2. The van der Waals surface area contributed by atoms with E-state index < -0.39 is 5.91 Å². The second kappa shape index (κ2) is 7.86. The molecule has 0 aliphatic carbocycles. The first-order chi connectivity index (χ1) is 12.9. The lowest BCUT2D eigenvalue weighted by molar-refractivity contribution is -0.121. The summed E-state index contributed by atoms with van der Waals surface area (Å²) in [4.78, 5) is 24.1. The highest BCUT2D eigenvalue weighted by atomic mass is 19.1. The molecule has 2 amide bonds. The molecule has 2 aromatic carbocycles. The molecule has 0 unspecified atom stereocenters. The average Bonchev–Trinajstić information content (AvgIpc) is 3.00. The molecule has 1 heterocycles. The summed E-state index contributed by atoms with van der Waals surface area (Å²) in [5.41, 5.74) is 9.03. The molecule has 27 heavy (non-hydrogen) atoms. The van der Waals surface area contributed by atoms with Crippen molar-refractivity contribution in [2.75, 3.05) is 0 Å². The van der Waals surface area contributed by atoms with E-state index in [0.717, 1.165) is 17.1 Å². The summed E-state index contributed by atoms with van der Waals surface area (Å²) in [6.45, 7) is 4.04. The van der Waals surface area contributed by atoms with E-state index in [0.29, 0.717) is 11.1 Å². The van der Waals surface area contributed by atoms with E-state index in [4.69, 9.17) is 0 Å². The molecule has 0 aliphatic rings. The van der Waals surface area contributed by atoms with Gasteiger partial charge in [0, 0.05) is 22.6 Å². The van der Waals surface area contributed by atoms with Crippen LogP contribution in [-0.2, 0) is 11.2 Å². The molecule has 0 radical (unpaired) electrons. The highest BCUT2D eigenvalue weighted by Crippen LogP contribution is 2.16. The minimum atomic E-state index is -0.407. The van der Waals surface area contributed by atoms with Crippen LogP contribution in [0.4, 0.5) is 4.39 Å². The summed E-state index contributed by atoms with van der Waals surface area (Å²) in [7, 11) is 0. The first-order valence-electron chi connectivity index (χ1n) is 8.53. The largest absolute Gasteiger partial charge is 0.319 e. The van der Waals surface area contributed by atoms with Crippen molar-refractivity contribution in [1.29, 1.82) is 0 Å². The highest BCUT2D eigenvalue weighted by molar-refractivity contribution is 5.95. The van der Waals surface area contributed by atoms with Crippen molar-refractivity contribution in [2.24, 2.45) is 0 Å². The van der Waals surface area contributed by atoms with Crippen molar-refractivity contribution in [1.82, 2.24) is 15.4 Å². The normalized spacial score (nSPS) is 10.5. The molecule has 0 fully saturated rings. The second-order valence-electron chi connectivity index (χ2n) is 6.30. The number of aromatic nitrogens is 1. The molecule has 3 aromatic rings. The van der Waals surface area contributed by atoms with Gasteiger partial charge in [0.15, 0.2) is 0 Å². The SMILES string of the molecule is Cc1ccc(C)n1-c1ccc(C(=O)NNC(=O)Cc2ccc(F)cc2)cc1. The Morgan fingerprint density at radius 3 is 2.04 bits per heavy atom. The predicted octanol–water partition coefficient (Wildman–Crippen LogP) is 3.24. The number of hydrogen-bond donors (Lipinski definition) is 2. The smallest absolute Gasteiger partial charge is 0.269 e. The molecule has 0 atom stereocenters. The van der Waals surface area contributed by atoms with Crippen molar-refractivity contribution < 1.29 is 14.0 Å². The Labute approximate surface area is 156 Å². The van der Waals surface area contributed by atoms with E-state index in [1.54, 1.807) is 12.1 Å². The minimum Gasteiger partial charge on any atom is -0.319 e. The zero-order valence-electron chi connectivity index (χ0n) is 15.1. The maximum Gasteiger partial charge on any atom is 0.269 e. The van der Waals surface area contributed by atoms with Gasteiger partial charge in [-0.2, -0.15) is 0 Å². The van der Waals surface area contributed by atoms with Gasteiger partial charge in [0.1, 0.15) is 5.82 Å². The zero-order chi connectivity index (χ0) is 19.4. The molecule has 0 saturated carbocycles. The first-order valence-corrected chi connectivity index (χ1v) is 8.53. The molecule has 0 spiro atoms. The highest BCUT2D eigenvalue weighted by Gasteiger charge is 2.09. The third-order valence-electron chi connectivity index (χ3n) is 4.25. The molecule has 0 saturated heterocycles. The number of rotatable bonds is 4. The van der Waals surface area contributed by atoms with Crippen molar-refractivity contribution in [2.45, 2.75) is 20.3 Å². The molecular formula is C21H20FN3O2. The van der Waals surface area contributed by atoms with E-state index in [-0.39, 0.29) is 18.1 Å². The molecule has 3 rings (SSSR count). The lowest BCUT2D eigenvalue weighted by Crippen LogP contribution is -2.42. The number of carbonyl (C=O) groups is 2. The number of halogens is 1. The van der Waals surface area contributed by atoms with Crippen LogP contribution < -0.4 is 10.9 Å². The standard InChI is InChI=1S/C21H20FN3O2/c1-14-3-4-15(2)25(14)19-11-7-17(8-12-19)21(27)24-23-20(26)13-16-5-9-18(22)10-6-16/h3-12H,13H2,1-2H3,(H,23,26)(H,24,27). The van der Waals surface area contributed by atoms with Gasteiger partial charge in [0.05, 0.1) is 6.42 Å². The first kappa shape index (κ1) is 18.4. The third kappa shape index (κ3) is 4.41. The summed E-state index contributed by atoms with van der Waals surface area (Å²) in [6, 6.07) is 16.8. The van der Waals surface area contributed by atoms with Gasteiger partial charge >= 0.3 is 0 Å². The van der Waals surface area contributed by atoms with E-state index >= 15 is 0 Å². The fourth-order valence-electron chi connectivity index (χ4n) is 2.87. The summed E-state index contributed by atoms with van der Waals surface area (Å²) in [5.74, 6) is -1.15. The van der Waals surface area contributed by atoms with Gasteiger partial charge in [0.2, 0.25) is 5.91 Å². The summed E-state index contributed by atoms with van der Waals surface area (Å²) in [5, 5.41) is 0. The number of nitrogens with zero attached hydrogens (tertiary/aromatic N) is 1. The van der Waals surface area contributed by atoms with Gasteiger partial charge in [0.25, 0.3) is 5.91 Å². The molecule has 6 heteroatoms. The zero-order valence-corrected chi connectivity index (χ0v) is 15.1. The van der Waals surface area contributed by atoms with Gasteiger partial charge in [-0.25, -0.2) is 4.39 Å². The number of benzene rings is 2. The van der Waals surface area contributed by atoms with Gasteiger partial charge in [-0.05, 0) is 67.9 Å². The quantitative estimate of drug-likeness (QED) is 0.697. The van der Waals surface area contributed by atoms with Crippen LogP contribution in [0.25, 0.3) is 5.69 Å². The molecule has 2 N–H and O–H groups in total. The molecule has 5 nitrogen and oxygen atoms in total. The lowest BCUT2D eigenvalue weighted by Gasteiger charge is -2.11. The monoisotopic (exact) mass is 365 g/mol. The average molecular weight is 365 g/mol. The molecular weight excluding hydrogens is 345 g/mol. The van der Waals surface area contributed by atoms with Gasteiger partial charge < -0.3 is 4.57 Å². The topological polar surface area (TPSA) is 63.1 Å². The number of amides is 2. The van der Waals surface area contributed by atoms with Gasteiger partial charge in [-0.15, -0.1) is 0 Å². The Bertz CT molecular complexity index is 941. The molecule has 138 valence electrons. The van der Waals surface area contributed by atoms with E-state index in [9.17, 15) is 14.0 Å². The molecule has 0 bridgehead atoms. The summed E-state index contributed by atoms with van der Waals surface area (Å²) in [6.07, 6.45) is 0.0473. The van der Waals surface area contributed by atoms with Gasteiger partial charge in [-0.1, -0.05) is 12.1 Å². The van der Waals surface area contributed by atoms with E-state index in [2.05, 4.69) is 15.4 Å². The molecule has 1 aromatic heterocycles. The Morgan fingerprint density at radius 2 is 1.44 bits per heavy atom. The van der Waals surface area contributed by atoms with Crippen LogP contribution in [0.2, 0.25) is 0 Å². The number of aryl methyl sites for hydroxylation is 2. The fourth-order valence-corrected chi connectivity index (χ4v) is 2.87. The van der Waals surface area contributed by atoms with Crippen LogP contribution in [0.5, 0.6) is 0 Å². The van der Waals surface area contributed by atoms with Crippen LogP contribution in [0.1, 0.15) is 27.3 Å². The fraction of sp³-hybridized carbons (Fsp3) is 0.143. The van der Waals surface area contributed by atoms with E-state index in [1.807, 2.05) is 38.1 Å². The Hall–Kier alpha value is -3.41.